The molecule has 102 valence electrons. The van der Waals surface area contributed by atoms with Crippen LogP contribution in [-0.4, -0.2) is 28.9 Å². The third-order valence-electron chi connectivity index (χ3n) is 2.39. The maximum atomic E-state index is 11.6. The lowest BCUT2D eigenvalue weighted by molar-refractivity contribution is -0.154. The molecular weight excluding hydrogens is 302 g/mol. The molecule has 0 aromatic heterocycles. The predicted octanol–water partition coefficient (Wildman–Crippen LogP) is 2.80. The van der Waals surface area contributed by atoms with Crippen LogP contribution < -0.4 is 0 Å². The highest BCUT2D eigenvalue weighted by molar-refractivity contribution is 6.75. The third kappa shape index (κ3) is 5.46. The first-order valence-corrected chi connectivity index (χ1v) is 6.60. The van der Waals surface area contributed by atoms with Gasteiger partial charge < -0.3 is 9.47 Å². The molecule has 0 spiro atoms. The van der Waals surface area contributed by atoms with E-state index in [4.69, 9.17) is 39.5 Å². The van der Waals surface area contributed by atoms with E-state index in [1.165, 1.54) is 0 Å². The molecule has 1 unspecified atom stereocenters. The molecule has 1 rings (SSSR count). The average molecular weight is 316 g/mol. The number of esters is 2. The van der Waals surface area contributed by atoms with Crippen LogP contribution >= 0.6 is 34.8 Å². The lowest BCUT2D eigenvalue weighted by Crippen LogP contribution is -2.25. The van der Waals surface area contributed by atoms with Gasteiger partial charge in [-0.3, -0.25) is 4.79 Å². The second kappa shape index (κ2) is 7.22. The summed E-state index contributed by atoms with van der Waals surface area (Å²) in [7, 11) is 0. The second-order valence-electron chi connectivity index (χ2n) is 3.78. The molecule has 1 aliphatic carbocycles. The van der Waals surface area contributed by atoms with Gasteiger partial charge in [-0.15, -0.1) is 0 Å². The van der Waals surface area contributed by atoms with Gasteiger partial charge >= 0.3 is 11.9 Å². The van der Waals surface area contributed by atoms with Crippen LogP contribution in [0.15, 0.2) is 12.2 Å². The zero-order chi connectivity index (χ0) is 13.6. The number of alkyl halides is 3. The van der Waals surface area contributed by atoms with Crippen molar-refractivity contribution < 1.29 is 19.1 Å². The van der Waals surface area contributed by atoms with Gasteiger partial charge in [-0.2, -0.15) is 0 Å². The number of carbonyl (C=O) groups is 2. The second-order valence-corrected chi connectivity index (χ2v) is 6.06. The van der Waals surface area contributed by atoms with Crippen molar-refractivity contribution in [3.05, 3.63) is 12.2 Å². The minimum absolute atomic E-state index is 0.0362. The van der Waals surface area contributed by atoms with Crippen molar-refractivity contribution in [2.75, 3.05) is 13.2 Å². The Morgan fingerprint density at radius 2 is 1.83 bits per heavy atom. The summed E-state index contributed by atoms with van der Waals surface area (Å²) in [4.78, 5) is 22.6. The Morgan fingerprint density at radius 1 is 1.17 bits per heavy atom. The summed E-state index contributed by atoms with van der Waals surface area (Å²) >= 11 is 15.9. The quantitative estimate of drug-likeness (QED) is 0.346. The Balaban J connectivity index is 2.16. The highest BCUT2D eigenvalue weighted by Gasteiger charge is 2.32. The normalized spacial score (nSPS) is 19.4. The van der Waals surface area contributed by atoms with Crippen molar-refractivity contribution in [3.63, 3.8) is 0 Å². The van der Waals surface area contributed by atoms with Crippen molar-refractivity contribution in [1.82, 2.24) is 0 Å². The summed E-state index contributed by atoms with van der Waals surface area (Å²) in [6.45, 7) is -0.160. The molecule has 1 aliphatic rings. The SMILES string of the molecule is O=C(OCCOC(=O)C(Cl)(Cl)Cl)C1CC=CCC1. The molecule has 0 bridgehead atoms. The summed E-state index contributed by atoms with van der Waals surface area (Å²) in [5.41, 5.74) is 0. The van der Waals surface area contributed by atoms with Gasteiger partial charge in [-0.25, -0.2) is 4.79 Å². The molecule has 1 atom stereocenters. The monoisotopic (exact) mass is 314 g/mol. The summed E-state index contributed by atoms with van der Waals surface area (Å²) < 4.78 is 7.48. The smallest absolute Gasteiger partial charge is 0.358 e. The number of ether oxygens (including phenoxy) is 2. The lowest BCUT2D eigenvalue weighted by atomic mass is 9.95. The molecule has 4 nitrogen and oxygen atoms in total. The molecule has 0 saturated heterocycles. The van der Waals surface area contributed by atoms with E-state index in [1.807, 2.05) is 12.2 Å². The zero-order valence-electron chi connectivity index (χ0n) is 9.53. The van der Waals surface area contributed by atoms with E-state index in [1.54, 1.807) is 0 Å². The van der Waals surface area contributed by atoms with Crippen LogP contribution in [0.3, 0.4) is 0 Å². The Morgan fingerprint density at radius 3 is 2.39 bits per heavy atom. The van der Waals surface area contributed by atoms with Crippen LogP contribution in [0.5, 0.6) is 0 Å². The van der Waals surface area contributed by atoms with Crippen molar-refractivity contribution >= 4 is 46.7 Å². The zero-order valence-corrected chi connectivity index (χ0v) is 11.8. The minimum atomic E-state index is -2.10. The number of carbonyl (C=O) groups excluding carboxylic acids is 2. The fourth-order valence-corrected chi connectivity index (χ4v) is 1.65. The van der Waals surface area contributed by atoms with Crippen LogP contribution in [0.1, 0.15) is 19.3 Å². The molecule has 0 N–H and O–H groups in total. The summed E-state index contributed by atoms with van der Waals surface area (Å²) in [6.07, 6.45) is 6.34. The summed E-state index contributed by atoms with van der Waals surface area (Å²) in [5, 5.41) is 0. The van der Waals surface area contributed by atoms with E-state index in [0.717, 1.165) is 12.8 Å². The van der Waals surface area contributed by atoms with Gasteiger partial charge in [-0.1, -0.05) is 47.0 Å². The first kappa shape index (κ1) is 15.6. The fourth-order valence-electron chi connectivity index (χ4n) is 1.48. The highest BCUT2D eigenvalue weighted by Crippen LogP contribution is 2.27. The Bertz CT molecular complexity index is 336. The molecule has 0 radical (unpaired) electrons. The first-order valence-electron chi connectivity index (χ1n) is 5.47. The van der Waals surface area contributed by atoms with E-state index in [9.17, 15) is 9.59 Å². The number of halogens is 3. The molecule has 0 saturated carbocycles. The standard InChI is InChI=1S/C11H13Cl3O4/c12-11(13,14)10(16)18-7-6-17-9(15)8-4-2-1-3-5-8/h1-2,8H,3-7H2. The molecule has 0 aliphatic heterocycles. The Kier molecular flexibility index (Phi) is 6.26. The van der Waals surface area contributed by atoms with E-state index in [2.05, 4.69) is 4.74 Å². The highest BCUT2D eigenvalue weighted by atomic mass is 35.6. The van der Waals surface area contributed by atoms with E-state index >= 15 is 0 Å². The van der Waals surface area contributed by atoms with Gasteiger partial charge in [0.2, 0.25) is 0 Å². The maximum absolute atomic E-state index is 11.6. The molecule has 0 aromatic rings. The lowest BCUT2D eigenvalue weighted by Gasteiger charge is -2.16. The molecule has 7 heteroatoms. The Hall–Kier alpha value is -0.450. The largest absolute Gasteiger partial charge is 0.462 e. The molecule has 0 fully saturated rings. The maximum Gasteiger partial charge on any atom is 0.358 e. The van der Waals surface area contributed by atoms with Crippen LogP contribution in [0.4, 0.5) is 0 Å². The minimum Gasteiger partial charge on any atom is -0.462 e. The number of allylic oxidation sites excluding steroid dienone is 2. The fraction of sp³-hybridized carbons (Fsp3) is 0.636. The van der Waals surface area contributed by atoms with Crippen molar-refractivity contribution in [2.45, 2.75) is 23.1 Å². The van der Waals surface area contributed by atoms with Gasteiger partial charge in [0.1, 0.15) is 13.2 Å². The van der Waals surface area contributed by atoms with Crippen LogP contribution in [0, 0.1) is 5.92 Å². The Labute approximate surface area is 120 Å². The van der Waals surface area contributed by atoms with Gasteiger partial charge in [0.05, 0.1) is 5.92 Å². The van der Waals surface area contributed by atoms with Gasteiger partial charge in [0.15, 0.2) is 0 Å². The molecule has 0 amide bonds. The van der Waals surface area contributed by atoms with Crippen molar-refractivity contribution in [3.8, 4) is 0 Å². The predicted molar refractivity (Wildman–Crippen MR) is 68.7 cm³/mol. The summed E-state index contributed by atoms with van der Waals surface area (Å²) in [5.74, 6) is -1.38. The average Bonchev–Trinajstić information content (AvgIpc) is 2.34. The van der Waals surface area contributed by atoms with Crippen molar-refractivity contribution in [2.24, 2.45) is 5.92 Å². The number of hydrogen-bond acceptors (Lipinski definition) is 4. The van der Waals surface area contributed by atoms with Crippen molar-refractivity contribution in [1.29, 1.82) is 0 Å². The molecular formula is C11H13Cl3O4. The van der Waals surface area contributed by atoms with Crippen LogP contribution in [0.25, 0.3) is 0 Å². The number of hydrogen-bond donors (Lipinski definition) is 0. The molecule has 0 aromatic carbocycles. The van der Waals surface area contributed by atoms with E-state index < -0.39 is 9.76 Å². The summed E-state index contributed by atoms with van der Waals surface area (Å²) in [6, 6.07) is 0. The third-order valence-corrected chi connectivity index (χ3v) is 2.86. The van der Waals surface area contributed by atoms with E-state index in [-0.39, 0.29) is 25.1 Å². The van der Waals surface area contributed by atoms with Crippen LogP contribution in [0.2, 0.25) is 0 Å². The van der Waals surface area contributed by atoms with Gasteiger partial charge in [-0.05, 0) is 19.3 Å². The molecule has 0 heterocycles. The molecule has 18 heavy (non-hydrogen) atoms. The van der Waals surface area contributed by atoms with Gasteiger partial charge in [0.25, 0.3) is 3.79 Å². The van der Waals surface area contributed by atoms with Crippen LogP contribution in [-0.2, 0) is 19.1 Å². The van der Waals surface area contributed by atoms with E-state index in [0.29, 0.717) is 6.42 Å². The number of rotatable bonds is 4. The van der Waals surface area contributed by atoms with Gasteiger partial charge in [0, 0.05) is 0 Å². The first-order chi connectivity index (χ1) is 8.41. The topological polar surface area (TPSA) is 52.6 Å².